The number of Topliss-reactive ketones (excluding diaryl/α,β-unsaturated/α-hetero) is 1. The highest BCUT2D eigenvalue weighted by atomic mass is 16.5. The summed E-state index contributed by atoms with van der Waals surface area (Å²) in [5.41, 5.74) is 0. The Morgan fingerprint density at radius 2 is 1.56 bits per heavy atom. The van der Waals surface area contributed by atoms with Gasteiger partial charge in [0.15, 0.2) is 0 Å². The summed E-state index contributed by atoms with van der Waals surface area (Å²) in [6, 6.07) is 0.181. The molecule has 0 heterocycles. The van der Waals surface area contributed by atoms with Crippen LogP contribution < -0.4 is 5.32 Å². The maximum atomic E-state index is 11.5. The first-order valence-electron chi connectivity index (χ1n) is 6.74. The van der Waals surface area contributed by atoms with Gasteiger partial charge in [-0.15, -0.1) is 0 Å². The Labute approximate surface area is 110 Å². The molecule has 0 aliphatic heterocycles. The molecule has 1 atom stereocenters. The molecule has 0 saturated carbocycles. The molecule has 0 bridgehead atoms. The molecule has 0 aliphatic carbocycles. The summed E-state index contributed by atoms with van der Waals surface area (Å²) < 4.78 is 5.29. The number of carbonyl (C=O) groups is 2. The van der Waals surface area contributed by atoms with Crippen LogP contribution in [0.5, 0.6) is 0 Å². The van der Waals surface area contributed by atoms with Crippen molar-refractivity contribution in [3.05, 3.63) is 0 Å². The molecule has 18 heavy (non-hydrogen) atoms. The molecule has 0 radical (unpaired) electrons. The van der Waals surface area contributed by atoms with Gasteiger partial charge in [-0.2, -0.15) is 0 Å². The van der Waals surface area contributed by atoms with Gasteiger partial charge in [-0.3, -0.25) is 9.59 Å². The van der Waals surface area contributed by atoms with Gasteiger partial charge in [-0.25, -0.2) is 0 Å². The Hall–Kier alpha value is -0.900. The molecule has 0 aromatic heterocycles. The number of rotatable bonds is 9. The SMILES string of the molecule is CC(C)C(=O)CCOCCC(=O)NC(C)C(C)C. The number of amides is 1. The van der Waals surface area contributed by atoms with Gasteiger partial charge in [-0.05, 0) is 12.8 Å². The van der Waals surface area contributed by atoms with Crippen molar-refractivity contribution in [1.29, 1.82) is 0 Å². The number of carbonyl (C=O) groups excluding carboxylic acids is 2. The van der Waals surface area contributed by atoms with Gasteiger partial charge in [0, 0.05) is 24.8 Å². The van der Waals surface area contributed by atoms with Gasteiger partial charge in [0.05, 0.1) is 13.2 Å². The fourth-order valence-corrected chi connectivity index (χ4v) is 1.22. The maximum Gasteiger partial charge on any atom is 0.222 e. The normalized spacial score (nSPS) is 12.8. The van der Waals surface area contributed by atoms with E-state index in [1.165, 1.54) is 0 Å². The van der Waals surface area contributed by atoms with Crippen LogP contribution in [0.1, 0.15) is 47.5 Å². The number of ether oxygens (including phenoxy) is 1. The molecule has 106 valence electrons. The molecular formula is C14H27NO3. The summed E-state index contributed by atoms with van der Waals surface area (Å²) in [4.78, 5) is 22.8. The average molecular weight is 257 g/mol. The van der Waals surface area contributed by atoms with Gasteiger partial charge < -0.3 is 10.1 Å². The molecule has 1 N–H and O–H groups in total. The van der Waals surface area contributed by atoms with Crippen LogP contribution in [0.4, 0.5) is 0 Å². The van der Waals surface area contributed by atoms with Crippen molar-refractivity contribution in [3.63, 3.8) is 0 Å². The maximum absolute atomic E-state index is 11.5. The lowest BCUT2D eigenvalue weighted by Crippen LogP contribution is -2.36. The summed E-state index contributed by atoms with van der Waals surface area (Å²) in [5, 5.41) is 2.91. The molecular weight excluding hydrogens is 230 g/mol. The first-order valence-corrected chi connectivity index (χ1v) is 6.74. The third-order valence-electron chi connectivity index (χ3n) is 3.00. The van der Waals surface area contributed by atoms with Crippen molar-refractivity contribution in [2.75, 3.05) is 13.2 Å². The van der Waals surface area contributed by atoms with Crippen LogP contribution in [0.3, 0.4) is 0 Å². The van der Waals surface area contributed by atoms with E-state index in [4.69, 9.17) is 4.74 Å². The van der Waals surface area contributed by atoms with E-state index in [0.717, 1.165) is 0 Å². The van der Waals surface area contributed by atoms with Crippen LogP contribution in [0.15, 0.2) is 0 Å². The van der Waals surface area contributed by atoms with Crippen molar-refractivity contribution in [1.82, 2.24) is 5.32 Å². The Kier molecular flexibility index (Phi) is 8.63. The lowest BCUT2D eigenvalue weighted by molar-refractivity contribution is -0.123. The van der Waals surface area contributed by atoms with E-state index in [1.807, 2.05) is 20.8 Å². The smallest absolute Gasteiger partial charge is 0.222 e. The highest BCUT2D eigenvalue weighted by Crippen LogP contribution is 2.01. The van der Waals surface area contributed by atoms with Crippen molar-refractivity contribution >= 4 is 11.7 Å². The second-order valence-corrected chi connectivity index (χ2v) is 5.33. The standard InChI is InChI=1S/C14H27NO3/c1-10(2)12(5)15-14(17)7-9-18-8-6-13(16)11(3)4/h10-12H,6-9H2,1-5H3,(H,15,17). The Bertz CT molecular complexity index is 262. The number of hydrogen-bond donors (Lipinski definition) is 1. The Balaban J connectivity index is 3.55. The van der Waals surface area contributed by atoms with Gasteiger partial charge in [0.25, 0.3) is 0 Å². The molecule has 4 heteroatoms. The second kappa shape index (κ2) is 9.09. The van der Waals surface area contributed by atoms with Gasteiger partial charge in [0.2, 0.25) is 5.91 Å². The predicted molar refractivity (Wildman–Crippen MR) is 72.3 cm³/mol. The van der Waals surface area contributed by atoms with Gasteiger partial charge in [0.1, 0.15) is 5.78 Å². The van der Waals surface area contributed by atoms with Crippen molar-refractivity contribution in [2.24, 2.45) is 11.8 Å². The largest absolute Gasteiger partial charge is 0.380 e. The molecule has 1 amide bonds. The third-order valence-corrected chi connectivity index (χ3v) is 3.00. The highest BCUT2D eigenvalue weighted by molar-refractivity contribution is 5.80. The molecule has 4 nitrogen and oxygen atoms in total. The minimum Gasteiger partial charge on any atom is -0.380 e. The van der Waals surface area contributed by atoms with Crippen molar-refractivity contribution < 1.29 is 14.3 Å². The minimum absolute atomic E-state index is 0.00591. The summed E-state index contributed by atoms with van der Waals surface area (Å²) in [6.45, 7) is 10.7. The summed E-state index contributed by atoms with van der Waals surface area (Å²) in [7, 11) is 0. The summed E-state index contributed by atoms with van der Waals surface area (Å²) in [5.74, 6) is 0.696. The number of nitrogens with one attached hydrogen (secondary N) is 1. The molecule has 0 aliphatic rings. The van der Waals surface area contributed by atoms with Crippen molar-refractivity contribution in [3.8, 4) is 0 Å². The number of hydrogen-bond acceptors (Lipinski definition) is 3. The van der Waals surface area contributed by atoms with Crippen LogP contribution in [0, 0.1) is 11.8 Å². The van der Waals surface area contributed by atoms with Gasteiger partial charge >= 0.3 is 0 Å². The molecule has 0 fully saturated rings. The van der Waals surface area contributed by atoms with E-state index < -0.39 is 0 Å². The summed E-state index contributed by atoms with van der Waals surface area (Å²) in [6.07, 6.45) is 0.786. The predicted octanol–water partition coefficient (Wildman–Crippen LogP) is 2.17. The van der Waals surface area contributed by atoms with Crippen LogP contribution in [-0.4, -0.2) is 30.9 Å². The molecule has 0 aromatic carbocycles. The quantitative estimate of drug-likeness (QED) is 0.644. The average Bonchev–Trinajstić information content (AvgIpc) is 2.27. The zero-order chi connectivity index (χ0) is 14.1. The molecule has 0 aromatic rings. The van der Waals surface area contributed by atoms with E-state index in [0.29, 0.717) is 32.0 Å². The lowest BCUT2D eigenvalue weighted by Gasteiger charge is -2.17. The number of ketones is 1. The van der Waals surface area contributed by atoms with E-state index in [-0.39, 0.29) is 23.7 Å². The Morgan fingerprint density at radius 3 is 2.06 bits per heavy atom. The first-order chi connectivity index (χ1) is 8.34. The molecule has 0 rings (SSSR count). The highest BCUT2D eigenvalue weighted by Gasteiger charge is 2.10. The van der Waals surface area contributed by atoms with Crippen LogP contribution in [0.25, 0.3) is 0 Å². The van der Waals surface area contributed by atoms with Crippen LogP contribution in [0.2, 0.25) is 0 Å². The van der Waals surface area contributed by atoms with E-state index in [1.54, 1.807) is 0 Å². The molecule has 1 unspecified atom stereocenters. The van der Waals surface area contributed by atoms with Crippen LogP contribution >= 0.6 is 0 Å². The zero-order valence-corrected chi connectivity index (χ0v) is 12.3. The summed E-state index contributed by atoms with van der Waals surface area (Å²) >= 11 is 0. The minimum atomic E-state index is 0.00591. The van der Waals surface area contributed by atoms with Crippen LogP contribution in [-0.2, 0) is 14.3 Å². The second-order valence-electron chi connectivity index (χ2n) is 5.33. The van der Waals surface area contributed by atoms with E-state index >= 15 is 0 Å². The molecule has 0 spiro atoms. The molecule has 0 saturated heterocycles. The first kappa shape index (κ1) is 17.1. The fraction of sp³-hybridized carbons (Fsp3) is 0.857. The van der Waals surface area contributed by atoms with E-state index in [2.05, 4.69) is 19.2 Å². The topological polar surface area (TPSA) is 55.4 Å². The van der Waals surface area contributed by atoms with E-state index in [9.17, 15) is 9.59 Å². The monoisotopic (exact) mass is 257 g/mol. The fourth-order valence-electron chi connectivity index (χ4n) is 1.22. The lowest BCUT2D eigenvalue weighted by atomic mass is 10.1. The van der Waals surface area contributed by atoms with Crippen molar-refractivity contribution in [2.45, 2.75) is 53.5 Å². The zero-order valence-electron chi connectivity index (χ0n) is 12.3. The third kappa shape index (κ3) is 8.23. The van der Waals surface area contributed by atoms with Gasteiger partial charge in [-0.1, -0.05) is 27.7 Å². The Morgan fingerprint density at radius 1 is 1.00 bits per heavy atom.